The fraction of sp³-hybridized carbons (Fsp3) is 0.286. The fourth-order valence-corrected chi connectivity index (χ4v) is 2.29. The topological polar surface area (TPSA) is 58.5 Å². The van der Waals surface area contributed by atoms with Gasteiger partial charge in [0.05, 0.1) is 22.4 Å². The molecule has 3 rings (SSSR count). The Labute approximate surface area is 111 Å². The quantitative estimate of drug-likeness (QED) is 0.752. The third-order valence-electron chi connectivity index (χ3n) is 3.23. The largest absolute Gasteiger partial charge is 0.342 e. The first-order chi connectivity index (χ1) is 9.17. The number of aromatic nitrogens is 4. The molecule has 0 saturated carbocycles. The number of aromatic amines is 1. The van der Waals surface area contributed by atoms with Gasteiger partial charge in [0.15, 0.2) is 0 Å². The summed E-state index contributed by atoms with van der Waals surface area (Å²) in [4.78, 5) is 7.67. The Bertz CT molecular complexity index is 723. The molecule has 0 unspecified atom stereocenters. The molecule has 0 saturated heterocycles. The second-order valence-electron chi connectivity index (χ2n) is 4.73. The molecule has 0 atom stereocenters. The number of hydrogen-bond donors (Lipinski definition) is 2. The first-order valence-corrected chi connectivity index (χ1v) is 6.31. The molecule has 0 amide bonds. The second-order valence-corrected chi connectivity index (χ2v) is 4.73. The number of rotatable bonds is 3. The van der Waals surface area contributed by atoms with Gasteiger partial charge in [0.25, 0.3) is 0 Å². The van der Waals surface area contributed by atoms with Gasteiger partial charge >= 0.3 is 0 Å². The van der Waals surface area contributed by atoms with Gasteiger partial charge in [-0.25, -0.2) is 4.98 Å². The maximum absolute atomic E-state index is 4.56. The van der Waals surface area contributed by atoms with Gasteiger partial charge in [0.1, 0.15) is 5.82 Å². The Morgan fingerprint density at radius 1 is 1.32 bits per heavy atom. The molecule has 19 heavy (non-hydrogen) atoms. The Kier molecular flexibility index (Phi) is 2.83. The molecule has 5 heteroatoms. The highest BCUT2D eigenvalue weighted by Gasteiger charge is 2.08. The number of nitrogens with one attached hydrogen (secondary N) is 2. The predicted molar refractivity (Wildman–Crippen MR) is 75.8 cm³/mol. The number of nitrogens with zero attached hydrogens (tertiary/aromatic N) is 3. The second kappa shape index (κ2) is 4.51. The molecule has 0 fully saturated rings. The molecule has 0 spiro atoms. The van der Waals surface area contributed by atoms with E-state index in [4.69, 9.17) is 0 Å². The average Bonchev–Trinajstić information content (AvgIpc) is 2.91. The summed E-state index contributed by atoms with van der Waals surface area (Å²) in [6.07, 6.45) is 0. The van der Waals surface area contributed by atoms with E-state index < -0.39 is 0 Å². The molecule has 2 heterocycles. The summed E-state index contributed by atoms with van der Waals surface area (Å²) in [7, 11) is 3.90. The van der Waals surface area contributed by atoms with Crippen LogP contribution in [-0.4, -0.2) is 26.8 Å². The molecule has 1 aromatic carbocycles. The third kappa shape index (κ3) is 2.13. The van der Waals surface area contributed by atoms with Gasteiger partial charge in [-0.1, -0.05) is 6.07 Å². The van der Waals surface area contributed by atoms with Crippen LogP contribution in [0.4, 0.5) is 0 Å². The van der Waals surface area contributed by atoms with E-state index in [1.807, 2.05) is 31.8 Å². The molecule has 0 radical (unpaired) electrons. The molecular weight excluding hydrogens is 238 g/mol. The third-order valence-corrected chi connectivity index (χ3v) is 3.23. The van der Waals surface area contributed by atoms with Gasteiger partial charge in [0, 0.05) is 19.2 Å². The minimum Gasteiger partial charge on any atom is -0.342 e. The monoisotopic (exact) mass is 255 g/mol. The summed E-state index contributed by atoms with van der Waals surface area (Å²) in [6, 6.07) is 8.30. The standard InChI is InChI=1S/C14H17N5/c1-9-16-12-5-4-10(6-14(12)17-9)13-7-11(8-15-2)19(3)18-13/h4-7,15H,8H2,1-3H3,(H,16,17). The summed E-state index contributed by atoms with van der Waals surface area (Å²) < 4.78 is 1.91. The van der Waals surface area contributed by atoms with Crippen LogP contribution in [0.2, 0.25) is 0 Å². The van der Waals surface area contributed by atoms with Crippen LogP contribution >= 0.6 is 0 Å². The zero-order valence-electron chi connectivity index (χ0n) is 11.4. The smallest absolute Gasteiger partial charge is 0.104 e. The van der Waals surface area contributed by atoms with Crippen LogP contribution in [0.15, 0.2) is 24.3 Å². The van der Waals surface area contributed by atoms with Crippen molar-refractivity contribution in [2.45, 2.75) is 13.5 Å². The minimum absolute atomic E-state index is 0.814. The lowest BCUT2D eigenvalue weighted by atomic mass is 10.1. The van der Waals surface area contributed by atoms with Crippen molar-refractivity contribution < 1.29 is 0 Å². The van der Waals surface area contributed by atoms with Crippen LogP contribution in [0.3, 0.4) is 0 Å². The van der Waals surface area contributed by atoms with Crippen molar-refractivity contribution in [3.63, 3.8) is 0 Å². The predicted octanol–water partition coefficient (Wildman–Crippen LogP) is 1.99. The van der Waals surface area contributed by atoms with Crippen molar-refractivity contribution in [1.82, 2.24) is 25.1 Å². The van der Waals surface area contributed by atoms with Crippen LogP contribution in [-0.2, 0) is 13.6 Å². The van der Waals surface area contributed by atoms with Gasteiger partial charge in [-0.3, -0.25) is 4.68 Å². The van der Waals surface area contributed by atoms with Crippen molar-refractivity contribution in [3.05, 3.63) is 35.8 Å². The molecule has 2 N–H and O–H groups in total. The zero-order valence-corrected chi connectivity index (χ0v) is 11.4. The van der Waals surface area contributed by atoms with Crippen LogP contribution in [0.25, 0.3) is 22.3 Å². The van der Waals surface area contributed by atoms with Crippen molar-refractivity contribution in [2.24, 2.45) is 7.05 Å². The highest BCUT2D eigenvalue weighted by molar-refractivity contribution is 5.81. The Hall–Kier alpha value is -2.14. The summed E-state index contributed by atoms with van der Waals surface area (Å²) in [5, 5.41) is 7.70. The summed E-state index contributed by atoms with van der Waals surface area (Å²) in [5.74, 6) is 0.934. The maximum atomic E-state index is 4.56. The van der Waals surface area contributed by atoms with Gasteiger partial charge < -0.3 is 10.3 Å². The molecule has 2 aromatic heterocycles. The number of imidazole rings is 1. The number of hydrogen-bond acceptors (Lipinski definition) is 3. The Morgan fingerprint density at radius 3 is 2.95 bits per heavy atom. The van der Waals surface area contributed by atoms with E-state index in [2.05, 4.69) is 38.6 Å². The molecule has 0 aliphatic heterocycles. The first-order valence-electron chi connectivity index (χ1n) is 6.31. The number of fused-ring (bicyclic) bond motifs is 1. The van der Waals surface area contributed by atoms with Crippen molar-refractivity contribution in [1.29, 1.82) is 0 Å². The SMILES string of the molecule is CNCc1cc(-c2ccc3nc(C)[nH]c3c2)nn1C. The van der Waals surface area contributed by atoms with Crippen molar-refractivity contribution in [3.8, 4) is 11.3 Å². The summed E-state index contributed by atoms with van der Waals surface area (Å²) >= 11 is 0. The van der Waals surface area contributed by atoms with E-state index in [1.165, 1.54) is 5.69 Å². The number of H-pyrrole nitrogens is 1. The lowest BCUT2D eigenvalue weighted by Crippen LogP contribution is -2.09. The highest BCUT2D eigenvalue weighted by atomic mass is 15.3. The highest BCUT2D eigenvalue weighted by Crippen LogP contribution is 2.23. The van der Waals surface area contributed by atoms with Gasteiger partial charge in [-0.2, -0.15) is 5.10 Å². The molecule has 5 nitrogen and oxygen atoms in total. The molecule has 0 aliphatic carbocycles. The molecule has 0 bridgehead atoms. The lowest BCUT2D eigenvalue weighted by Gasteiger charge is -1.97. The first kappa shape index (κ1) is 11.9. The van der Waals surface area contributed by atoms with E-state index in [9.17, 15) is 0 Å². The summed E-state index contributed by atoms with van der Waals surface area (Å²) in [5.41, 5.74) is 5.30. The molecule has 3 aromatic rings. The Balaban J connectivity index is 2.05. The van der Waals surface area contributed by atoms with Gasteiger partial charge in [0.2, 0.25) is 0 Å². The molecular formula is C14H17N5. The van der Waals surface area contributed by atoms with Gasteiger partial charge in [-0.05, 0) is 32.2 Å². The zero-order chi connectivity index (χ0) is 13.4. The van der Waals surface area contributed by atoms with Crippen molar-refractivity contribution in [2.75, 3.05) is 7.05 Å². The van der Waals surface area contributed by atoms with E-state index in [0.717, 1.165) is 34.7 Å². The fourth-order valence-electron chi connectivity index (χ4n) is 2.29. The number of benzene rings is 1. The van der Waals surface area contributed by atoms with E-state index in [0.29, 0.717) is 0 Å². The van der Waals surface area contributed by atoms with Crippen LogP contribution < -0.4 is 5.32 Å². The van der Waals surface area contributed by atoms with E-state index >= 15 is 0 Å². The normalized spacial score (nSPS) is 11.3. The van der Waals surface area contributed by atoms with Crippen LogP contribution in [0.5, 0.6) is 0 Å². The van der Waals surface area contributed by atoms with E-state index in [1.54, 1.807) is 0 Å². The number of aryl methyl sites for hydroxylation is 2. The maximum Gasteiger partial charge on any atom is 0.104 e. The summed E-state index contributed by atoms with van der Waals surface area (Å²) in [6.45, 7) is 2.78. The molecule has 98 valence electrons. The average molecular weight is 255 g/mol. The van der Waals surface area contributed by atoms with Crippen molar-refractivity contribution >= 4 is 11.0 Å². The van der Waals surface area contributed by atoms with Crippen LogP contribution in [0.1, 0.15) is 11.5 Å². The minimum atomic E-state index is 0.814. The van der Waals surface area contributed by atoms with E-state index in [-0.39, 0.29) is 0 Å². The lowest BCUT2D eigenvalue weighted by molar-refractivity contribution is 0.673. The Morgan fingerprint density at radius 2 is 2.16 bits per heavy atom. The molecule has 0 aliphatic rings. The van der Waals surface area contributed by atoms with Crippen LogP contribution in [0, 0.1) is 6.92 Å². The van der Waals surface area contributed by atoms with Gasteiger partial charge in [-0.15, -0.1) is 0 Å².